The summed E-state index contributed by atoms with van der Waals surface area (Å²) >= 11 is 0. The van der Waals surface area contributed by atoms with Crippen molar-refractivity contribution >= 4 is 17.8 Å². The molecule has 1 aliphatic heterocycles. The number of esters is 1. The van der Waals surface area contributed by atoms with Gasteiger partial charge in [-0.15, -0.1) is 0 Å². The van der Waals surface area contributed by atoms with Crippen LogP contribution in [0, 0.1) is 0 Å². The molecule has 3 aromatic rings. The fourth-order valence-electron chi connectivity index (χ4n) is 3.56. The zero-order valence-corrected chi connectivity index (χ0v) is 15.8. The predicted octanol–water partition coefficient (Wildman–Crippen LogP) is 4.14. The smallest absolute Gasteiger partial charge is 0.312 e. The van der Waals surface area contributed by atoms with Crippen molar-refractivity contribution < 1.29 is 29.6 Å². The second-order valence-corrected chi connectivity index (χ2v) is 6.96. The van der Waals surface area contributed by atoms with Gasteiger partial charge in [0.1, 0.15) is 22.8 Å². The maximum atomic E-state index is 12.9. The number of carbonyl (C=O) groups is 2. The van der Waals surface area contributed by atoms with Gasteiger partial charge in [-0.2, -0.15) is 0 Å². The van der Waals surface area contributed by atoms with E-state index >= 15 is 0 Å². The molecule has 4 rings (SSSR count). The van der Waals surface area contributed by atoms with Gasteiger partial charge in [-0.05, 0) is 29.3 Å². The molecule has 150 valence electrons. The fraction of sp³-hybridized carbons (Fsp3) is 0.0833. The van der Waals surface area contributed by atoms with Crippen molar-refractivity contribution in [3.05, 3.63) is 89.0 Å². The number of hydrogen-bond acceptors (Lipinski definition) is 6. The number of rotatable bonds is 4. The lowest BCUT2D eigenvalue weighted by Gasteiger charge is -2.27. The van der Waals surface area contributed by atoms with Crippen LogP contribution in [-0.4, -0.2) is 27.1 Å². The number of hydrogen-bond donors (Lipinski definition) is 3. The first-order valence-electron chi connectivity index (χ1n) is 9.30. The summed E-state index contributed by atoms with van der Waals surface area (Å²) < 4.78 is 5.32. The van der Waals surface area contributed by atoms with Gasteiger partial charge in [0.05, 0.1) is 6.42 Å². The van der Waals surface area contributed by atoms with Crippen LogP contribution in [0.1, 0.15) is 39.4 Å². The van der Waals surface area contributed by atoms with E-state index in [-0.39, 0.29) is 29.2 Å². The Labute approximate surface area is 172 Å². The highest BCUT2D eigenvalue weighted by Gasteiger charge is 2.35. The number of phenols is 3. The van der Waals surface area contributed by atoms with Gasteiger partial charge in [0, 0.05) is 17.5 Å². The van der Waals surface area contributed by atoms with Gasteiger partial charge in [0.2, 0.25) is 0 Å². The molecule has 0 bridgehead atoms. The lowest BCUT2D eigenvalue weighted by atomic mass is 9.84. The molecule has 3 aromatic carbocycles. The van der Waals surface area contributed by atoms with E-state index in [4.69, 9.17) is 4.74 Å². The highest BCUT2D eigenvalue weighted by atomic mass is 16.5. The first kappa shape index (κ1) is 19.3. The Morgan fingerprint density at radius 1 is 0.967 bits per heavy atom. The van der Waals surface area contributed by atoms with Crippen LogP contribution in [0.25, 0.3) is 6.08 Å². The average Bonchev–Trinajstić information content (AvgIpc) is 2.73. The molecule has 0 amide bonds. The number of ketones is 1. The number of carbonyl (C=O) groups excluding carboxylic acids is 2. The van der Waals surface area contributed by atoms with Crippen LogP contribution in [0.3, 0.4) is 0 Å². The first-order valence-corrected chi connectivity index (χ1v) is 9.30. The first-order chi connectivity index (χ1) is 14.4. The Hall–Kier alpha value is -4.06. The lowest BCUT2D eigenvalue weighted by molar-refractivity contribution is -0.135. The molecule has 0 radical (unpaired) electrons. The summed E-state index contributed by atoms with van der Waals surface area (Å²) in [6.07, 6.45) is 2.75. The van der Waals surface area contributed by atoms with Crippen molar-refractivity contribution in [3.63, 3.8) is 0 Å². The summed E-state index contributed by atoms with van der Waals surface area (Å²) in [5.74, 6) is -2.40. The van der Waals surface area contributed by atoms with E-state index in [1.165, 1.54) is 24.3 Å². The van der Waals surface area contributed by atoms with Crippen molar-refractivity contribution in [2.24, 2.45) is 0 Å². The van der Waals surface area contributed by atoms with Crippen LogP contribution in [-0.2, 0) is 4.79 Å². The summed E-state index contributed by atoms with van der Waals surface area (Å²) in [4.78, 5) is 25.1. The molecule has 0 aliphatic carbocycles. The molecule has 1 atom stereocenters. The van der Waals surface area contributed by atoms with Crippen molar-refractivity contribution in [2.45, 2.75) is 12.3 Å². The number of benzene rings is 3. The number of allylic oxidation sites excluding steroid dienone is 1. The van der Waals surface area contributed by atoms with E-state index in [1.807, 2.05) is 30.3 Å². The minimum atomic E-state index is -0.585. The predicted molar refractivity (Wildman–Crippen MR) is 110 cm³/mol. The molecule has 6 nitrogen and oxygen atoms in total. The van der Waals surface area contributed by atoms with Crippen molar-refractivity contribution in [1.82, 2.24) is 0 Å². The van der Waals surface area contributed by atoms with Crippen LogP contribution < -0.4 is 4.74 Å². The summed E-state index contributed by atoms with van der Waals surface area (Å²) in [6, 6.07) is 16.4. The highest BCUT2D eigenvalue weighted by molar-refractivity contribution is 6.11. The van der Waals surface area contributed by atoms with E-state index in [9.17, 15) is 24.9 Å². The van der Waals surface area contributed by atoms with Crippen LogP contribution in [0.2, 0.25) is 0 Å². The van der Waals surface area contributed by atoms with Gasteiger partial charge < -0.3 is 20.1 Å². The van der Waals surface area contributed by atoms with Crippen LogP contribution in [0.4, 0.5) is 0 Å². The summed E-state index contributed by atoms with van der Waals surface area (Å²) in [5, 5.41) is 30.2. The molecule has 3 N–H and O–H groups in total. The van der Waals surface area contributed by atoms with E-state index in [0.717, 1.165) is 11.6 Å². The molecule has 1 heterocycles. The number of fused-ring (bicyclic) bond motifs is 1. The van der Waals surface area contributed by atoms with E-state index < -0.39 is 23.4 Å². The van der Waals surface area contributed by atoms with Gasteiger partial charge in [-0.25, -0.2) is 0 Å². The standard InChI is InChI=1S/C24H18O6/c25-16-9-6-14(7-10-16)8-11-18(26)23-20(28)13-19(27)22-17(12-21(29)30-24(22)23)15-4-2-1-3-5-15/h1-11,13,17,25,27-28H,12H2/t17-/m0/s1. The maximum absolute atomic E-state index is 12.9. The SMILES string of the molecule is O=C1C[C@@H](c2ccccc2)c2c(O)cc(O)c(C(=O)C=Cc3ccc(O)cc3)c2O1. The quantitative estimate of drug-likeness (QED) is 0.262. The second-order valence-electron chi connectivity index (χ2n) is 6.96. The lowest BCUT2D eigenvalue weighted by Crippen LogP contribution is -2.23. The van der Waals surface area contributed by atoms with E-state index in [2.05, 4.69) is 0 Å². The Balaban J connectivity index is 1.79. The van der Waals surface area contributed by atoms with Crippen molar-refractivity contribution in [2.75, 3.05) is 0 Å². The summed E-state index contributed by atoms with van der Waals surface area (Å²) in [7, 11) is 0. The second kappa shape index (κ2) is 7.75. The number of aromatic hydroxyl groups is 3. The third kappa shape index (κ3) is 3.63. The van der Waals surface area contributed by atoms with Gasteiger partial charge in [0.25, 0.3) is 0 Å². The zero-order chi connectivity index (χ0) is 21.3. The van der Waals surface area contributed by atoms with Crippen molar-refractivity contribution in [3.8, 4) is 23.0 Å². The average molecular weight is 402 g/mol. The Kier molecular flexibility index (Phi) is 4.98. The van der Waals surface area contributed by atoms with Gasteiger partial charge >= 0.3 is 5.97 Å². The normalized spacial score (nSPS) is 15.6. The van der Waals surface area contributed by atoms with Gasteiger partial charge in [0.15, 0.2) is 11.5 Å². The topological polar surface area (TPSA) is 104 Å². The Morgan fingerprint density at radius 3 is 2.37 bits per heavy atom. The molecule has 1 aliphatic rings. The summed E-state index contributed by atoms with van der Waals surface area (Å²) in [5.41, 5.74) is 1.55. The number of phenolic OH excluding ortho intramolecular Hbond substituents is 3. The molecular weight excluding hydrogens is 384 g/mol. The molecule has 6 heteroatoms. The molecule has 0 spiro atoms. The van der Waals surface area contributed by atoms with Gasteiger partial charge in [-0.1, -0.05) is 48.5 Å². The van der Waals surface area contributed by atoms with Crippen LogP contribution in [0.5, 0.6) is 23.0 Å². The molecule has 0 fully saturated rings. The molecular formula is C24H18O6. The van der Waals surface area contributed by atoms with Crippen molar-refractivity contribution in [1.29, 1.82) is 0 Å². The highest BCUT2D eigenvalue weighted by Crippen LogP contribution is 2.48. The number of ether oxygens (including phenoxy) is 1. The van der Waals surface area contributed by atoms with E-state index in [0.29, 0.717) is 11.1 Å². The van der Waals surface area contributed by atoms with Crippen LogP contribution in [0.15, 0.2) is 66.7 Å². The third-order valence-corrected chi connectivity index (χ3v) is 4.98. The molecule has 30 heavy (non-hydrogen) atoms. The minimum absolute atomic E-state index is 0.00628. The monoisotopic (exact) mass is 402 g/mol. The molecule has 0 aromatic heterocycles. The fourth-order valence-corrected chi connectivity index (χ4v) is 3.56. The molecule has 0 saturated carbocycles. The van der Waals surface area contributed by atoms with Gasteiger partial charge in [-0.3, -0.25) is 9.59 Å². The molecule has 0 unspecified atom stereocenters. The zero-order valence-electron chi connectivity index (χ0n) is 15.8. The maximum Gasteiger partial charge on any atom is 0.312 e. The third-order valence-electron chi connectivity index (χ3n) is 4.98. The van der Waals surface area contributed by atoms with E-state index in [1.54, 1.807) is 12.1 Å². The Bertz CT molecular complexity index is 1150. The molecule has 0 saturated heterocycles. The van der Waals surface area contributed by atoms with Crippen LogP contribution >= 0.6 is 0 Å². The Morgan fingerprint density at radius 2 is 1.67 bits per heavy atom. The largest absolute Gasteiger partial charge is 0.508 e. The summed E-state index contributed by atoms with van der Waals surface area (Å²) in [6.45, 7) is 0. The minimum Gasteiger partial charge on any atom is -0.508 e.